The third-order valence-corrected chi connectivity index (χ3v) is 4.94. The van der Waals surface area contributed by atoms with Crippen LogP contribution in [0.5, 0.6) is 0 Å². The van der Waals surface area contributed by atoms with E-state index in [9.17, 15) is 0 Å². The Morgan fingerprint density at radius 3 is 2.30 bits per heavy atom. The molecule has 0 spiro atoms. The molecular weight excluding hydrogens is 357 g/mol. The second-order valence-corrected chi connectivity index (χ2v) is 6.55. The lowest BCUT2D eigenvalue weighted by Crippen LogP contribution is -2.33. The molecule has 0 N–H and O–H groups in total. The Labute approximate surface area is 138 Å². The summed E-state index contributed by atoms with van der Waals surface area (Å²) in [4.78, 5) is 4.21. The molecule has 0 amide bonds. The first-order valence-corrected chi connectivity index (χ1v) is 8.24. The predicted molar refractivity (Wildman–Crippen MR) is 89.9 cm³/mol. The fourth-order valence-corrected chi connectivity index (χ4v) is 3.43. The number of hydrogen-bond acceptors (Lipinski definition) is 1. The number of rotatable bonds is 5. The quantitative estimate of drug-likeness (QED) is 0.664. The number of alkyl halides is 2. The molecule has 0 aliphatic rings. The Bertz CT molecular complexity index is 565. The molecule has 0 bridgehead atoms. The molecule has 0 unspecified atom stereocenters. The Balaban J connectivity index is 2.36. The molecule has 1 heterocycles. The number of nitrogens with zero attached hydrogens (tertiary/aromatic N) is 1. The van der Waals surface area contributed by atoms with E-state index in [-0.39, 0.29) is 5.41 Å². The number of aryl methyl sites for hydroxylation is 1. The molecular formula is C16H16BrCl2N. The van der Waals surface area contributed by atoms with Crippen molar-refractivity contribution in [1.82, 2.24) is 4.98 Å². The van der Waals surface area contributed by atoms with Gasteiger partial charge in [-0.15, -0.1) is 23.2 Å². The van der Waals surface area contributed by atoms with Crippen molar-refractivity contribution in [2.45, 2.75) is 18.8 Å². The van der Waals surface area contributed by atoms with Crippen LogP contribution in [0.3, 0.4) is 0 Å². The standard InChI is InChI=1S/C16H16BrCl2N/c1-12-2-4-14(5-3-12)16(10-18,11-19)7-13-6-15(17)9-20-8-13/h2-6,8-9H,7,10-11H2,1H3. The van der Waals surface area contributed by atoms with Gasteiger partial charge in [-0.1, -0.05) is 29.8 Å². The van der Waals surface area contributed by atoms with E-state index >= 15 is 0 Å². The van der Waals surface area contributed by atoms with E-state index in [0.717, 1.165) is 16.5 Å². The SMILES string of the molecule is Cc1ccc(C(CCl)(CCl)Cc2cncc(Br)c2)cc1. The third-order valence-electron chi connectivity index (χ3n) is 3.48. The molecule has 1 aromatic heterocycles. The highest BCUT2D eigenvalue weighted by atomic mass is 79.9. The molecule has 0 fully saturated rings. The first kappa shape index (κ1) is 15.8. The minimum absolute atomic E-state index is 0.265. The summed E-state index contributed by atoms with van der Waals surface area (Å²) in [6.45, 7) is 2.07. The van der Waals surface area contributed by atoms with Crippen molar-refractivity contribution in [1.29, 1.82) is 0 Å². The topological polar surface area (TPSA) is 12.9 Å². The van der Waals surface area contributed by atoms with Gasteiger partial charge in [-0.2, -0.15) is 0 Å². The minimum atomic E-state index is -0.265. The summed E-state index contributed by atoms with van der Waals surface area (Å²) in [5, 5.41) is 0. The second kappa shape index (κ2) is 6.93. The summed E-state index contributed by atoms with van der Waals surface area (Å²) < 4.78 is 0.969. The summed E-state index contributed by atoms with van der Waals surface area (Å²) in [5.74, 6) is 0.956. The zero-order valence-electron chi connectivity index (χ0n) is 11.2. The van der Waals surface area contributed by atoms with Gasteiger partial charge >= 0.3 is 0 Å². The van der Waals surface area contributed by atoms with Crippen LogP contribution in [0.15, 0.2) is 47.2 Å². The number of halogens is 3. The van der Waals surface area contributed by atoms with Crippen LogP contribution in [0, 0.1) is 6.92 Å². The highest BCUT2D eigenvalue weighted by molar-refractivity contribution is 9.10. The van der Waals surface area contributed by atoms with Gasteiger partial charge in [0.15, 0.2) is 0 Å². The van der Waals surface area contributed by atoms with Crippen molar-refractivity contribution in [3.63, 3.8) is 0 Å². The van der Waals surface area contributed by atoms with Crippen molar-refractivity contribution in [2.24, 2.45) is 0 Å². The van der Waals surface area contributed by atoms with Gasteiger partial charge in [-0.3, -0.25) is 4.98 Å². The van der Waals surface area contributed by atoms with Gasteiger partial charge in [0.25, 0.3) is 0 Å². The minimum Gasteiger partial charge on any atom is -0.263 e. The summed E-state index contributed by atoms with van der Waals surface area (Å²) in [6.07, 6.45) is 4.42. The van der Waals surface area contributed by atoms with Crippen molar-refractivity contribution in [3.8, 4) is 0 Å². The van der Waals surface area contributed by atoms with Gasteiger partial charge in [-0.25, -0.2) is 0 Å². The lowest BCUT2D eigenvalue weighted by Gasteiger charge is -2.30. The molecule has 0 saturated heterocycles. The summed E-state index contributed by atoms with van der Waals surface area (Å²) in [7, 11) is 0. The van der Waals surface area contributed by atoms with E-state index in [1.54, 1.807) is 6.20 Å². The smallest absolute Gasteiger partial charge is 0.0410 e. The molecule has 4 heteroatoms. The number of aromatic nitrogens is 1. The molecule has 2 rings (SSSR count). The fourth-order valence-electron chi connectivity index (χ4n) is 2.24. The summed E-state index contributed by atoms with van der Waals surface area (Å²) >= 11 is 16.0. The zero-order valence-corrected chi connectivity index (χ0v) is 14.3. The van der Waals surface area contributed by atoms with E-state index in [2.05, 4.69) is 58.2 Å². The normalized spacial score (nSPS) is 11.6. The van der Waals surface area contributed by atoms with Gasteiger partial charge in [0.1, 0.15) is 0 Å². The first-order chi connectivity index (χ1) is 9.59. The van der Waals surface area contributed by atoms with Crippen LogP contribution in [-0.4, -0.2) is 16.7 Å². The zero-order chi connectivity index (χ0) is 14.6. The average Bonchev–Trinajstić information content (AvgIpc) is 2.46. The van der Waals surface area contributed by atoms with Crippen LogP contribution in [0.25, 0.3) is 0 Å². The van der Waals surface area contributed by atoms with Gasteiger partial charge in [0.2, 0.25) is 0 Å². The highest BCUT2D eigenvalue weighted by Gasteiger charge is 2.31. The highest BCUT2D eigenvalue weighted by Crippen LogP contribution is 2.32. The van der Waals surface area contributed by atoms with E-state index in [1.807, 2.05) is 6.20 Å². The Kier molecular flexibility index (Phi) is 5.48. The van der Waals surface area contributed by atoms with Crippen LogP contribution in [0.1, 0.15) is 16.7 Å². The van der Waals surface area contributed by atoms with E-state index in [4.69, 9.17) is 23.2 Å². The molecule has 0 aliphatic heterocycles. The van der Waals surface area contributed by atoms with Gasteiger partial charge in [0, 0.05) is 34.0 Å². The Morgan fingerprint density at radius 2 is 1.75 bits per heavy atom. The molecule has 20 heavy (non-hydrogen) atoms. The summed E-state index contributed by atoms with van der Waals surface area (Å²) in [5.41, 5.74) is 3.27. The summed E-state index contributed by atoms with van der Waals surface area (Å²) in [6, 6.07) is 10.5. The third kappa shape index (κ3) is 3.55. The molecule has 0 atom stereocenters. The number of benzene rings is 1. The van der Waals surface area contributed by atoms with E-state index < -0.39 is 0 Å². The Hall–Kier alpha value is -0.570. The molecule has 0 saturated carbocycles. The predicted octanol–water partition coefficient (Wildman–Crippen LogP) is 5.11. The lowest BCUT2D eigenvalue weighted by atomic mass is 9.79. The monoisotopic (exact) mass is 371 g/mol. The Morgan fingerprint density at radius 1 is 1.10 bits per heavy atom. The molecule has 0 radical (unpaired) electrons. The van der Waals surface area contributed by atoms with Gasteiger partial charge < -0.3 is 0 Å². The molecule has 1 nitrogen and oxygen atoms in total. The molecule has 106 valence electrons. The van der Waals surface area contributed by atoms with Crippen LogP contribution in [0.4, 0.5) is 0 Å². The average molecular weight is 373 g/mol. The van der Waals surface area contributed by atoms with E-state index in [0.29, 0.717) is 11.8 Å². The molecule has 0 aliphatic carbocycles. The molecule has 1 aromatic carbocycles. The van der Waals surface area contributed by atoms with Crippen molar-refractivity contribution >= 4 is 39.1 Å². The van der Waals surface area contributed by atoms with Crippen molar-refractivity contribution in [2.75, 3.05) is 11.8 Å². The maximum Gasteiger partial charge on any atom is 0.0410 e. The van der Waals surface area contributed by atoms with Crippen molar-refractivity contribution < 1.29 is 0 Å². The second-order valence-electron chi connectivity index (χ2n) is 5.10. The largest absolute Gasteiger partial charge is 0.263 e. The number of hydrogen-bond donors (Lipinski definition) is 0. The van der Waals surface area contributed by atoms with Crippen LogP contribution in [0.2, 0.25) is 0 Å². The van der Waals surface area contributed by atoms with Crippen LogP contribution in [-0.2, 0) is 11.8 Å². The van der Waals surface area contributed by atoms with Crippen molar-refractivity contribution in [3.05, 3.63) is 63.9 Å². The number of pyridine rings is 1. The maximum absolute atomic E-state index is 6.27. The first-order valence-electron chi connectivity index (χ1n) is 6.38. The maximum atomic E-state index is 6.27. The van der Waals surface area contributed by atoms with E-state index in [1.165, 1.54) is 11.1 Å². The van der Waals surface area contributed by atoms with Crippen LogP contribution < -0.4 is 0 Å². The van der Waals surface area contributed by atoms with Gasteiger partial charge in [-0.05, 0) is 46.5 Å². The van der Waals surface area contributed by atoms with Gasteiger partial charge in [0.05, 0.1) is 0 Å². The molecule has 2 aromatic rings. The lowest BCUT2D eigenvalue weighted by molar-refractivity contribution is 0.535. The van der Waals surface area contributed by atoms with Crippen LogP contribution >= 0.6 is 39.1 Å². The fraction of sp³-hybridized carbons (Fsp3) is 0.312.